The van der Waals surface area contributed by atoms with Crippen molar-refractivity contribution in [2.24, 2.45) is 0 Å². The molecule has 2 heterocycles. The van der Waals surface area contributed by atoms with Crippen LogP contribution < -0.4 is 10.1 Å². The zero-order valence-electron chi connectivity index (χ0n) is 21.5. The third kappa shape index (κ3) is 5.64. The lowest BCUT2D eigenvalue weighted by atomic mass is 9.93. The summed E-state index contributed by atoms with van der Waals surface area (Å²) < 4.78 is 11.0. The summed E-state index contributed by atoms with van der Waals surface area (Å²) in [5, 5.41) is 2.97. The van der Waals surface area contributed by atoms with Gasteiger partial charge in [0.1, 0.15) is 23.4 Å². The Hall–Kier alpha value is -3.55. The first-order chi connectivity index (χ1) is 17.2. The number of fused-ring (bicyclic) bond motifs is 1. The second kappa shape index (κ2) is 10.6. The molecule has 1 N–H and O–H groups in total. The van der Waals surface area contributed by atoms with Gasteiger partial charge in [0.15, 0.2) is 0 Å². The topological polar surface area (TPSA) is 88.2 Å². The number of likely N-dealkylation sites (tertiary alicyclic amines) is 1. The number of amides is 3. The molecule has 2 aliphatic heterocycles. The Morgan fingerprint density at radius 1 is 0.972 bits per heavy atom. The standard InChI is InChI=1S/C28H35N3O5/c1-28(2,3)36-27(34)31-18-21-12-6-5-10-19(21)16-23(31)26(33)30-15-9-13-22(30)25(32)29-17-20-11-7-8-14-24(20)35-4/h5-8,10-12,14,22-23H,9,13,15-18H2,1-4H3,(H,29,32)/t22-,23-/m0/s1. The molecule has 0 aromatic heterocycles. The molecular formula is C28H35N3O5. The fraction of sp³-hybridized carbons (Fsp3) is 0.464. The van der Waals surface area contributed by atoms with Crippen molar-refractivity contribution in [2.75, 3.05) is 13.7 Å². The summed E-state index contributed by atoms with van der Waals surface area (Å²) in [5.74, 6) is 0.281. The normalized spacial score (nSPS) is 19.4. The van der Waals surface area contributed by atoms with Crippen molar-refractivity contribution in [3.63, 3.8) is 0 Å². The Morgan fingerprint density at radius 2 is 1.67 bits per heavy atom. The van der Waals surface area contributed by atoms with Crippen LogP contribution in [0.3, 0.4) is 0 Å². The number of ether oxygens (including phenoxy) is 2. The van der Waals surface area contributed by atoms with Gasteiger partial charge in [0, 0.05) is 25.1 Å². The van der Waals surface area contributed by atoms with Crippen LogP contribution in [0, 0.1) is 0 Å². The van der Waals surface area contributed by atoms with Gasteiger partial charge in [-0.3, -0.25) is 14.5 Å². The summed E-state index contributed by atoms with van der Waals surface area (Å²) in [5.41, 5.74) is 2.21. The van der Waals surface area contributed by atoms with Gasteiger partial charge in [-0.25, -0.2) is 4.79 Å². The van der Waals surface area contributed by atoms with Crippen LogP contribution in [-0.2, 0) is 33.8 Å². The first kappa shape index (κ1) is 25.5. The maximum absolute atomic E-state index is 13.9. The lowest BCUT2D eigenvalue weighted by Crippen LogP contribution is -2.57. The van der Waals surface area contributed by atoms with Gasteiger partial charge in [0.25, 0.3) is 0 Å². The van der Waals surface area contributed by atoms with E-state index in [1.807, 2.05) is 69.3 Å². The molecule has 192 valence electrons. The van der Waals surface area contributed by atoms with E-state index in [1.54, 1.807) is 12.0 Å². The highest BCUT2D eigenvalue weighted by molar-refractivity contribution is 5.92. The van der Waals surface area contributed by atoms with Crippen LogP contribution in [-0.4, -0.2) is 59.0 Å². The van der Waals surface area contributed by atoms with Gasteiger partial charge >= 0.3 is 6.09 Å². The molecule has 2 atom stereocenters. The smallest absolute Gasteiger partial charge is 0.411 e. The Balaban J connectivity index is 1.51. The predicted octanol–water partition coefficient (Wildman–Crippen LogP) is 3.66. The van der Waals surface area contributed by atoms with Crippen molar-refractivity contribution >= 4 is 17.9 Å². The molecule has 2 aliphatic rings. The summed E-state index contributed by atoms with van der Waals surface area (Å²) >= 11 is 0. The molecule has 1 saturated heterocycles. The number of hydrogen-bond donors (Lipinski definition) is 1. The van der Waals surface area contributed by atoms with E-state index in [4.69, 9.17) is 9.47 Å². The summed E-state index contributed by atoms with van der Waals surface area (Å²) in [6, 6.07) is 14.0. The Morgan fingerprint density at radius 3 is 2.39 bits per heavy atom. The van der Waals surface area contributed by atoms with Crippen LogP contribution in [0.4, 0.5) is 4.79 Å². The van der Waals surface area contributed by atoms with Gasteiger partial charge in [0.05, 0.1) is 13.7 Å². The Kier molecular flexibility index (Phi) is 7.52. The van der Waals surface area contributed by atoms with Crippen molar-refractivity contribution in [3.05, 3.63) is 65.2 Å². The van der Waals surface area contributed by atoms with Crippen LogP contribution in [0.15, 0.2) is 48.5 Å². The zero-order chi connectivity index (χ0) is 25.9. The van der Waals surface area contributed by atoms with Crippen molar-refractivity contribution in [1.29, 1.82) is 0 Å². The maximum Gasteiger partial charge on any atom is 0.411 e. The molecule has 0 saturated carbocycles. The second-order valence-corrected chi connectivity index (χ2v) is 10.3. The average molecular weight is 494 g/mol. The highest BCUT2D eigenvalue weighted by Crippen LogP contribution is 2.29. The average Bonchev–Trinajstić information content (AvgIpc) is 3.35. The number of carbonyl (C=O) groups is 3. The van der Waals surface area contributed by atoms with Gasteiger partial charge in [-0.15, -0.1) is 0 Å². The minimum atomic E-state index is -0.725. The monoisotopic (exact) mass is 493 g/mol. The minimum absolute atomic E-state index is 0.202. The number of carbonyl (C=O) groups excluding carboxylic acids is 3. The number of nitrogens with zero attached hydrogens (tertiary/aromatic N) is 2. The molecule has 0 unspecified atom stereocenters. The van der Waals surface area contributed by atoms with Gasteiger partial charge in [-0.05, 0) is 50.8 Å². The first-order valence-electron chi connectivity index (χ1n) is 12.4. The van der Waals surface area contributed by atoms with Gasteiger partial charge in [0.2, 0.25) is 11.8 Å². The molecule has 2 aromatic carbocycles. The second-order valence-electron chi connectivity index (χ2n) is 10.3. The maximum atomic E-state index is 13.9. The molecule has 3 amide bonds. The summed E-state index contributed by atoms with van der Waals surface area (Å²) in [6.07, 6.45) is 1.18. The van der Waals surface area contributed by atoms with Crippen LogP contribution in [0.5, 0.6) is 5.75 Å². The number of hydrogen-bond acceptors (Lipinski definition) is 5. The quantitative estimate of drug-likeness (QED) is 0.687. The van der Waals surface area contributed by atoms with E-state index in [0.717, 1.165) is 23.1 Å². The molecule has 0 radical (unpaired) electrons. The van der Waals surface area contributed by atoms with E-state index in [0.29, 0.717) is 38.2 Å². The van der Waals surface area contributed by atoms with Gasteiger partial charge < -0.3 is 19.7 Å². The number of para-hydroxylation sites is 1. The summed E-state index contributed by atoms with van der Waals surface area (Å²) in [7, 11) is 1.59. The lowest BCUT2D eigenvalue weighted by molar-refractivity contribution is -0.143. The molecule has 0 spiro atoms. The highest BCUT2D eigenvalue weighted by atomic mass is 16.6. The van der Waals surface area contributed by atoms with E-state index in [-0.39, 0.29) is 11.8 Å². The van der Waals surface area contributed by atoms with E-state index < -0.39 is 23.8 Å². The van der Waals surface area contributed by atoms with Crippen LogP contribution in [0.1, 0.15) is 50.3 Å². The van der Waals surface area contributed by atoms with Crippen LogP contribution >= 0.6 is 0 Å². The van der Waals surface area contributed by atoms with E-state index in [2.05, 4.69) is 5.32 Å². The number of nitrogens with one attached hydrogen (secondary N) is 1. The third-order valence-electron chi connectivity index (χ3n) is 6.65. The van der Waals surface area contributed by atoms with Crippen molar-refractivity contribution in [2.45, 2.75) is 70.8 Å². The zero-order valence-corrected chi connectivity index (χ0v) is 21.5. The van der Waals surface area contributed by atoms with E-state index in [1.165, 1.54) is 4.90 Å². The predicted molar refractivity (Wildman–Crippen MR) is 135 cm³/mol. The minimum Gasteiger partial charge on any atom is -0.496 e. The molecule has 36 heavy (non-hydrogen) atoms. The fourth-order valence-corrected chi connectivity index (χ4v) is 4.90. The lowest BCUT2D eigenvalue weighted by Gasteiger charge is -2.39. The summed E-state index contributed by atoms with van der Waals surface area (Å²) in [4.78, 5) is 43.3. The molecule has 8 nitrogen and oxygen atoms in total. The van der Waals surface area contributed by atoms with Crippen LogP contribution in [0.2, 0.25) is 0 Å². The largest absolute Gasteiger partial charge is 0.496 e. The van der Waals surface area contributed by atoms with E-state index in [9.17, 15) is 14.4 Å². The summed E-state index contributed by atoms with van der Waals surface area (Å²) in [6.45, 7) is 6.50. The molecule has 2 aromatic rings. The Labute approximate surface area is 212 Å². The third-order valence-corrected chi connectivity index (χ3v) is 6.65. The van der Waals surface area contributed by atoms with Crippen molar-refractivity contribution in [3.8, 4) is 5.75 Å². The highest BCUT2D eigenvalue weighted by Gasteiger charge is 2.43. The van der Waals surface area contributed by atoms with E-state index >= 15 is 0 Å². The molecular weight excluding hydrogens is 458 g/mol. The van der Waals surface area contributed by atoms with Gasteiger partial charge in [-0.2, -0.15) is 0 Å². The molecule has 4 rings (SSSR count). The van der Waals surface area contributed by atoms with Crippen molar-refractivity contribution < 1.29 is 23.9 Å². The first-order valence-corrected chi connectivity index (χ1v) is 12.4. The van der Waals surface area contributed by atoms with Gasteiger partial charge in [-0.1, -0.05) is 42.5 Å². The fourth-order valence-electron chi connectivity index (χ4n) is 4.90. The number of methoxy groups -OCH3 is 1. The number of benzene rings is 2. The SMILES string of the molecule is COc1ccccc1CNC(=O)[C@@H]1CCCN1C(=O)[C@@H]1Cc2ccccc2CN1C(=O)OC(C)(C)C. The molecule has 0 aliphatic carbocycles. The van der Waals surface area contributed by atoms with Crippen molar-refractivity contribution in [1.82, 2.24) is 15.1 Å². The molecule has 1 fully saturated rings. The number of rotatable bonds is 5. The molecule has 8 heteroatoms. The van der Waals surface area contributed by atoms with Crippen LogP contribution in [0.25, 0.3) is 0 Å². The molecule has 0 bridgehead atoms. The Bertz CT molecular complexity index is 1130.